The number of para-hydroxylation sites is 1. The number of rotatable bonds is 5. The molecule has 0 aliphatic carbocycles. The van der Waals surface area contributed by atoms with Gasteiger partial charge in [-0.05, 0) is 36.4 Å². The first-order valence-electron chi connectivity index (χ1n) is 6.68. The SMILES string of the molecule is CN(NC(=O)CNC(=O)c1ccc(Cl)cc1)c1ccccc1. The lowest BCUT2D eigenvalue weighted by Crippen LogP contribution is -2.45. The van der Waals surface area contributed by atoms with Crippen LogP contribution in [0, 0.1) is 0 Å². The minimum Gasteiger partial charge on any atom is -0.343 e. The highest BCUT2D eigenvalue weighted by Gasteiger charge is 2.09. The molecule has 0 heterocycles. The average Bonchev–Trinajstić information content (AvgIpc) is 2.54. The van der Waals surface area contributed by atoms with Crippen LogP contribution in [0.25, 0.3) is 0 Å². The van der Waals surface area contributed by atoms with E-state index in [0.29, 0.717) is 10.6 Å². The zero-order chi connectivity index (χ0) is 15.9. The van der Waals surface area contributed by atoms with Crippen molar-refractivity contribution in [2.24, 2.45) is 0 Å². The van der Waals surface area contributed by atoms with Gasteiger partial charge in [-0.3, -0.25) is 20.0 Å². The van der Waals surface area contributed by atoms with Crippen LogP contribution in [0.5, 0.6) is 0 Å². The topological polar surface area (TPSA) is 61.4 Å². The van der Waals surface area contributed by atoms with Crippen molar-refractivity contribution >= 4 is 29.1 Å². The number of hydrogen-bond donors (Lipinski definition) is 2. The van der Waals surface area contributed by atoms with Crippen molar-refractivity contribution in [2.45, 2.75) is 0 Å². The van der Waals surface area contributed by atoms with Crippen LogP contribution < -0.4 is 15.8 Å². The predicted molar refractivity (Wildman–Crippen MR) is 86.8 cm³/mol. The zero-order valence-electron chi connectivity index (χ0n) is 12.0. The second-order valence-corrected chi connectivity index (χ2v) is 5.06. The number of benzene rings is 2. The van der Waals surface area contributed by atoms with Gasteiger partial charge < -0.3 is 5.32 Å². The molecule has 2 aromatic carbocycles. The molecule has 2 amide bonds. The third-order valence-electron chi connectivity index (χ3n) is 2.95. The van der Waals surface area contributed by atoms with E-state index >= 15 is 0 Å². The highest BCUT2D eigenvalue weighted by atomic mass is 35.5. The van der Waals surface area contributed by atoms with Gasteiger partial charge in [-0.15, -0.1) is 0 Å². The van der Waals surface area contributed by atoms with E-state index in [2.05, 4.69) is 10.7 Å². The van der Waals surface area contributed by atoms with Gasteiger partial charge in [-0.2, -0.15) is 0 Å². The first kappa shape index (κ1) is 15.9. The van der Waals surface area contributed by atoms with Gasteiger partial charge in [0.25, 0.3) is 11.8 Å². The van der Waals surface area contributed by atoms with Crippen molar-refractivity contribution in [1.29, 1.82) is 0 Å². The Bertz CT molecular complexity index is 644. The summed E-state index contributed by atoms with van der Waals surface area (Å²) in [6, 6.07) is 15.8. The predicted octanol–water partition coefficient (Wildman–Crippen LogP) is 2.24. The first-order valence-corrected chi connectivity index (χ1v) is 7.06. The van der Waals surface area contributed by atoms with Crippen molar-refractivity contribution in [3.8, 4) is 0 Å². The van der Waals surface area contributed by atoms with E-state index in [0.717, 1.165) is 5.69 Å². The van der Waals surface area contributed by atoms with Gasteiger partial charge in [0.15, 0.2) is 0 Å². The Morgan fingerprint density at radius 2 is 1.68 bits per heavy atom. The number of carbonyl (C=O) groups excluding carboxylic acids is 2. The maximum absolute atomic E-state index is 11.9. The van der Waals surface area contributed by atoms with Gasteiger partial charge in [-0.1, -0.05) is 29.8 Å². The molecule has 22 heavy (non-hydrogen) atoms. The Morgan fingerprint density at radius 1 is 1.05 bits per heavy atom. The van der Waals surface area contributed by atoms with Crippen LogP contribution in [0.1, 0.15) is 10.4 Å². The monoisotopic (exact) mass is 317 g/mol. The molecule has 0 saturated carbocycles. The maximum atomic E-state index is 11.9. The van der Waals surface area contributed by atoms with Crippen LogP contribution in [0.3, 0.4) is 0 Å². The van der Waals surface area contributed by atoms with Crippen LogP contribution in [-0.4, -0.2) is 25.4 Å². The molecule has 0 atom stereocenters. The molecule has 0 radical (unpaired) electrons. The summed E-state index contributed by atoms with van der Waals surface area (Å²) in [5.74, 6) is -0.636. The van der Waals surface area contributed by atoms with Gasteiger partial charge >= 0.3 is 0 Å². The zero-order valence-corrected chi connectivity index (χ0v) is 12.8. The summed E-state index contributed by atoms with van der Waals surface area (Å²) in [5.41, 5.74) is 3.97. The van der Waals surface area contributed by atoms with Crippen LogP contribution >= 0.6 is 11.6 Å². The Labute approximate surface area is 133 Å². The number of anilines is 1. The molecule has 0 saturated heterocycles. The number of carbonyl (C=O) groups is 2. The van der Waals surface area contributed by atoms with Gasteiger partial charge in [-0.25, -0.2) is 0 Å². The molecule has 0 aliphatic heterocycles. The fraction of sp³-hybridized carbons (Fsp3) is 0.125. The summed E-state index contributed by atoms with van der Waals surface area (Å²) in [4.78, 5) is 23.7. The molecule has 0 bridgehead atoms. The Hall–Kier alpha value is -2.53. The van der Waals surface area contributed by atoms with Gasteiger partial charge in [0.05, 0.1) is 12.2 Å². The maximum Gasteiger partial charge on any atom is 0.257 e. The number of hydrogen-bond acceptors (Lipinski definition) is 3. The van der Waals surface area contributed by atoms with Crippen molar-refractivity contribution in [2.75, 3.05) is 18.6 Å². The lowest BCUT2D eigenvalue weighted by Gasteiger charge is -2.20. The van der Waals surface area contributed by atoms with Crippen LogP contribution in [0.2, 0.25) is 5.02 Å². The minimum atomic E-state index is -0.325. The lowest BCUT2D eigenvalue weighted by atomic mass is 10.2. The van der Waals surface area contributed by atoms with E-state index in [1.165, 1.54) is 0 Å². The first-order chi connectivity index (χ1) is 10.6. The molecule has 0 aliphatic rings. The molecule has 6 heteroatoms. The van der Waals surface area contributed by atoms with E-state index < -0.39 is 0 Å². The van der Waals surface area contributed by atoms with E-state index in [-0.39, 0.29) is 18.4 Å². The summed E-state index contributed by atoms with van der Waals surface area (Å²) in [7, 11) is 1.73. The highest BCUT2D eigenvalue weighted by molar-refractivity contribution is 6.30. The van der Waals surface area contributed by atoms with Gasteiger partial charge in [0.1, 0.15) is 0 Å². The lowest BCUT2D eigenvalue weighted by molar-refractivity contribution is -0.120. The smallest absolute Gasteiger partial charge is 0.257 e. The second kappa shape index (κ2) is 7.47. The average molecular weight is 318 g/mol. The largest absolute Gasteiger partial charge is 0.343 e. The summed E-state index contributed by atoms with van der Waals surface area (Å²) in [5, 5.41) is 4.70. The molecular weight excluding hydrogens is 302 g/mol. The molecule has 0 unspecified atom stereocenters. The Morgan fingerprint density at radius 3 is 2.32 bits per heavy atom. The molecule has 2 aromatic rings. The normalized spacial score (nSPS) is 9.91. The summed E-state index contributed by atoms with van der Waals surface area (Å²) < 4.78 is 0. The van der Waals surface area contributed by atoms with E-state index in [1.54, 1.807) is 36.3 Å². The quantitative estimate of drug-likeness (QED) is 0.831. The minimum absolute atomic E-state index is 0.112. The number of amides is 2. The second-order valence-electron chi connectivity index (χ2n) is 4.62. The number of nitrogens with zero attached hydrogens (tertiary/aromatic N) is 1. The van der Waals surface area contributed by atoms with Crippen LogP contribution in [0.15, 0.2) is 54.6 Å². The van der Waals surface area contributed by atoms with Gasteiger partial charge in [0.2, 0.25) is 0 Å². The van der Waals surface area contributed by atoms with Gasteiger partial charge in [0, 0.05) is 17.6 Å². The molecule has 114 valence electrons. The van der Waals surface area contributed by atoms with Crippen molar-refractivity contribution in [3.05, 3.63) is 65.2 Å². The molecule has 0 aromatic heterocycles. The highest BCUT2D eigenvalue weighted by Crippen LogP contribution is 2.09. The van der Waals surface area contributed by atoms with E-state index in [9.17, 15) is 9.59 Å². The van der Waals surface area contributed by atoms with E-state index in [4.69, 9.17) is 11.6 Å². The number of nitrogens with one attached hydrogen (secondary N) is 2. The fourth-order valence-electron chi connectivity index (χ4n) is 1.81. The third-order valence-corrected chi connectivity index (χ3v) is 3.20. The molecule has 0 spiro atoms. The standard InChI is InChI=1S/C16H16ClN3O2/c1-20(14-5-3-2-4-6-14)19-15(21)11-18-16(22)12-7-9-13(17)10-8-12/h2-10H,11H2,1H3,(H,18,22)(H,19,21). The van der Waals surface area contributed by atoms with Crippen molar-refractivity contribution in [3.63, 3.8) is 0 Å². The van der Waals surface area contributed by atoms with Crippen LogP contribution in [0.4, 0.5) is 5.69 Å². The van der Waals surface area contributed by atoms with Crippen molar-refractivity contribution in [1.82, 2.24) is 10.7 Å². The summed E-state index contributed by atoms with van der Waals surface area (Å²) in [6.07, 6.45) is 0. The molecule has 0 fully saturated rings. The number of hydrazine groups is 1. The summed E-state index contributed by atoms with van der Waals surface area (Å²) >= 11 is 5.76. The fourth-order valence-corrected chi connectivity index (χ4v) is 1.93. The number of halogens is 1. The summed E-state index contributed by atoms with van der Waals surface area (Å²) in [6.45, 7) is -0.112. The Balaban J connectivity index is 1.82. The molecule has 2 rings (SSSR count). The Kier molecular flexibility index (Phi) is 5.38. The van der Waals surface area contributed by atoms with E-state index in [1.807, 2.05) is 30.3 Å². The molecule has 5 nitrogen and oxygen atoms in total. The third kappa shape index (κ3) is 4.49. The molecule has 2 N–H and O–H groups in total. The molecular formula is C16H16ClN3O2. The van der Waals surface area contributed by atoms with Crippen LogP contribution in [-0.2, 0) is 4.79 Å². The van der Waals surface area contributed by atoms with Crippen molar-refractivity contribution < 1.29 is 9.59 Å².